The molecule has 0 bridgehead atoms. The molecule has 0 spiro atoms. The Bertz CT molecular complexity index is 459. The Morgan fingerprint density at radius 3 is 2.70 bits per heavy atom. The van der Waals surface area contributed by atoms with Gasteiger partial charge in [0.05, 0.1) is 11.9 Å². The van der Waals surface area contributed by atoms with Crippen LogP contribution in [0.15, 0.2) is 11.0 Å². The fourth-order valence-electron chi connectivity index (χ4n) is 2.15. The van der Waals surface area contributed by atoms with Crippen molar-refractivity contribution in [2.45, 2.75) is 71.9 Å². The van der Waals surface area contributed by atoms with Crippen molar-refractivity contribution in [1.29, 1.82) is 0 Å². The van der Waals surface area contributed by atoms with Crippen LogP contribution in [0.25, 0.3) is 0 Å². The second kappa shape index (κ2) is 9.01. The van der Waals surface area contributed by atoms with E-state index in [0.717, 1.165) is 12.8 Å². The van der Waals surface area contributed by atoms with E-state index >= 15 is 0 Å². The van der Waals surface area contributed by atoms with E-state index in [9.17, 15) is 4.79 Å². The number of halogens is 1. The van der Waals surface area contributed by atoms with E-state index < -0.39 is 0 Å². The third-order valence-corrected chi connectivity index (χ3v) is 3.68. The van der Waals surface area contributed by atoms with Gasteiger partial charge in [0.15, 0.2) is 0 Å². The fraction of sp³-hybridized carbons (Fsp3) is 0.733. The molecule has 1 rings (SSSR count). The van der Waals surface area contributed by atoms with Crippen LogP contribution in [0.2, 0.25) is 5.02 Å². The van der Waals surface area contributed by atoms with E-state index in [1.54, 1.807) is 6.20 Å². The molecule has 1 aromatic rings. The van der Waals surface area contributed by atoms with Crippen LogP contribution in [-0.2, 0) is 6.54 Å². The van der Waals surface area contributed by atoms with E-state index in [1.807, 2.05) is 6.92 Å². The van der Waals surface area contributed by atoms with Crippen molar-refractivity contribution >= 4 is 17.3 Å². The second-order valence-electron chi connectivity index (χ2n) is 5.30. The number of aromatic nitrogens is 2. The van der Waals surface area contributed by atoms with Gasteiger partial charge < -0.3 is 5.32 Å². The van der Waals surface area contributed by atoms with Gasteiger partial charge in [-0.25, -0.2) is 4.68 Å². The van der Waals surface area contributed by atoms with Crippen LogP contribution in [0.3, 0.4) is 0 Å². The summed E-state index contributed by atoms with van der Waals surface area (Å²) in [6.07, 6.45) is 8.57. The SMILES string of the molecule is CCCCCCC(C)Nc1cnn(CCC)c(=O)c1Cl. The maximum atomic E-state index is 12.0. The highest BCUT2D eigenvalue weighted by molar-refractivity contribution is 6.32. The molecule has 0 radical (unpaired) electrons. The fourth-order valence-corrected chi connectivity index (χ4v) is 2.35. The summed E-state index contributed by atoms with van der Waals surface area (Å²) in [4.78, 5) is 12.0. The molecule has 4 nitrogen and oxygen atoms in total. The molecule has 1 atom stereocenters. The van der Waals surface area contributed by atoms with Crippen LogP contribution in [0.5, 0.6) is 0 Å². The van der Waals surface area contributed by atoms with Gasteiger partial charge in [-0.3, -0.25) is 4.79 Å². The lowest BCUT2D eigenvalue weighted by molar-refractivity contribution is 0.566. The summed E-state index contributed by atoms with van der Waals surface area (Å²) in [5, 5.41) is 7.68. The van der Waals surface area contributed by atoms with Crippen LogP contribution in [0.1, 0.15) is 59.3 Å². The molecule has 114 valence electrons. The largest absolute Gasteiger partial charge is 0.380 e. The molecular formula is C15H26ClN3O. The Balaban J connectivity index is 2.59. The second-order valence-corrected chi connectivity index (χ2v) is 5.67. The van der Waals surface area contributed by atoms with Gasteiger partial charge in [-0.2, -0.15) is 5.10 Å². The number of aryl methyl sites for hydroxylation is 1. The van der Waals surface area contributed by atoms with Crippen molar-refractivity contribution in [3.63, 3.8) is 0 Å². The normalized spacial score (nSPS) is 12.4. The highest BCUT2D eigenvalue weighted by atomic mass is 35.5. The average Bonchev–Trinajstić information content (AvgIpc) is 2.43. The Kier molecular flexibility index (Phi) is 7.67. The summed E-state index contributed by atoms with van der Waals surface area (Å²) in [6, 6.07) is 0.299. The van der Waals surface area contributed by atoms with Crippen LogP contribution in [0.4, 0.5) is 5.69 Å². The lowest BCUT2D eigenvalue weighted by Gasteiger charge is -2.16. The monoisotopic (exact) mass is 299 g/mol. The van der Waals surface area contributed by atoms with E-state index in [4.69, 9.17) is 11.6 Å². The first-order valence-corrected chi connectivity index (χ1v) is 8.00. The summed E-state index contributed by atoms with van der Waals surface area (Å²) in [6.45, 7) is 6.93. The van der Waals surface area contributed by atoms with Crippen LogP contribution in [0, 0.1) is 0 Å². The van der Waals surface area contributed by atoms with Crippen LogP contribution < -0.4 is 10.9 Å². The minimum Gasteiger partial charge on any atom is -0.380 e. The summed E-state index contributed by atoms with van der Waals surface area (Å²) >= 11 is 6.13. The summed E-state index contributed by atoms with van der Waals surface area (Å²) in [5.41, 5.74) is 0.434. The quantitative estimate of drug-likeness (QED) is 0.699. The van der Waals surface area contributed by atoms with Gasteiger partial charge in [0.1, 0.15) is 5.02 Å². The lowest BCUT2D eigenvalue weighted by Crippen LogP contribution is -2.25. The molecule has 5 heteroatoms. The molecule has 0 amide bonds. The van der Waals surface area contributed by atoms with Crippen molar-refractivity contribution in [2.75, 3.05) is 5.32 Å². The Morgan fingerprint density at radius 2 is 2.05 bits per heavy atom. The van der Waals surface area contributed by atoms with Gasteiger partial charge in [0.25, 0.3) is 5.56 Å². The molecule has 1 aromatic heterocycles. The molecule has 0 saturated carbocycles. The zero-order chi connectivity index (χ0) is 15.0. The number of hydrogen-bond donors (Lipinski definition) is 1. The topological polar surface area (TPSA) is 46.9 Å². The maximum Gasteiger partial charge on any atom is 0.287 e. The summed E-state index contributed by atoms with van der Waals surface area (Å²) in [7, 11) is 0. The Labute approximate surface area is 126 Å². The van der Waals surface area contributed by atoms with Crippen LogP contribution >= 0.6 is 11.6 Å². The van der Waals surface area contributed by atoms with Crippen molar-refractivity contribution in [3.05, 3.63) is 21.6 Å². The number of hydrogen-bond acceptors (Lipinski definition) is 3. The number of anilines is 1. The van der Waals surface area contributed by atoms with E-state index in [1.165, 1.54) is 30.4 Å². The highest BCUT2D eigenvalue weighted by Crippen LogP contribution is 2.18. The third kappa shape index (κ3) is 5.16. The lowest BCUT2D eigenvalue weighted by atomic mass is 10.1. The first kappa shape index (κ1) is 17.0. The average molecular weight is 300 g/mol. The van der Waals surface area contributed by atoms with Crippen molar-refractivity contribution < 1.29 is 0 Å². The minimum absolute atomic E-state index is 0.211. The van der Waals surface area contributed by atoms with Gasteiger partial charge in [0.2, 0.25) is 0 Å². The maximum absolute atomic E-state index is 12.0. The van der Waals surface area contributed by atoms with Crippen LogP contribution in [-0.4, -0.2) is 15.8 Å². The van der Waals surface area contributed by atoms with Gasteiger partial charge >= 0.3 is 0 Å². The van der Waals surface area contributed by atoms with E-state index in [0.29, 0.717) is 18.3 Å². The first-order valence-electron chi connectivity index (χ1n) is 7.62. The van der Waals surface area contributed by atoms with E-state index in [2.05, 4.69) is 24.3 Å². The van der Waals surface area contributed by atoms with Gasteiger partial charge in [-0.15, -0.1) is 0 Å². The number of unbranched alkanes of at least 4 members (excludes halogenated alkanes) is 3. The molecule has 0 fully saturated rings. The summed E-state index contributed by atoms with van der Waals surface area (Å²) in [5.74, 6) is 0. The molecule has 0 saturated heterocycles. The molecule has 0 aliphatic carbocycles. The third-order valence-electron chi connectivity index (χ3n) is 3.31. The molecular weight excluding hydrogens is 274 g/mol. The minimum atomic E-state index is -0.211. The van der Waals surface area contributed by atoms with Crippen molar-refractivity contribution in [3.8, 4) is 0 Å². The van der Waals surface area contributed by atoms with Crippen molar-refractivity contribution in [1.82, 2.24) is 9.78 Å². The number of nitrogens with zero attached hydrogens (tertiary/aromatic N) is 2. The number of rotatable bonds is 9. The molecule has 0 aliphatic heterocycles. The molecule has 1 unspecified atom stereocenters. The summed E-state index contributed by atoms with van der Waals surface area (Å²) < 4.78 is 1.42. The Morgan fingerprint density at radius 1 is 1.30 bits per heavy atom. The first-order chi connectivity index (χ1) is 9.60. The standard InChI is InChI=1S/C15H26ClN3O/c1-4-6-7-8-9-12(3)18-13-11-17-19(10-5-2)15(20)14(13)16/h11-12,18H,4-10H2,1-3H3. The predicted octanol–water partition coefficient (Wildman–Crippen LogP) is 4.08. The molecule has 0 aliphatic rings. The molecule has 0 aromatic carbocycles. The van der Waals surface area contributed by atoms with Crippen molar-refractivity contribution in [2.24, 2.45) is 0 Å². The van der Waals surface area contributed by atoms with Gasteiger partial charge in [-0.05, 0) is 19.8 Å². The zero-order valence-electron chi connectivity index (χ0n) is 12.8. The molecule has 1 N–H and O–H groups in total. The smallest absolute Gasteiger partial charge is 0.287 e. The highest BCUT2D eigenvalue weighted by Gasteiger charge is 2.11. The van der Waals surface area contributed by atoms with Gasteiger partial charge in [0, 0.05) is 12.6 Å². The zero-order valence-corrected chi connectivity index (χ0v) is 13.5. The number of nitrogens with one attached hydrogen (secondary N) is 1. The predicted molar refractivity (Wildman–Crippen MR) is 85.6 cm³/mol. The molecule has 20 heavy (non-hydrogen) atoms. The van der Waals surface area contributed by atoms with Gasteiger partial charge in [-0.1, -0.05) is 51.1 Å². The van der Waals surface area contributed by atoms with E-state index in [-0.39, 0.29) is 10.6 Å². The molecule has 1 heterocycles. The Hall–Kier alpha value is -1.03.